The van der Waals surface area contributed by atoms with Gasteiger partial charge in [0.1, 0.15) is 0 Å². The molecule has 1 aromatic heterocycles. The SMILES string of the molecule is O=C(O)c1cccc(C#Cc2ccc(CN3CCS(=O)(=O)CC3)cc2)c1-c1ccc2cn[nH]c2c1. The Morgan fingerprint density at radius 1 is 1.03 bits per heavy atom. The van der Waals surface area contributed by atoms with Gasteiger partial charge in [-0.15, -0.1) is 0 Å². The highest BCUT2D eigenvalue weighted by molar-refractivity contribution is 7.91. The Labute approximate surface area is 203 Å². The summed E-state index contributed by atoms with van der Waals surface area (Å²) in [5.41, 5.74) is 4.87. The molecule has 35 heavy (non-hydrogen) atoms. The van der Waals surface area contributed by atoms with Gasteiger partial charge in [0.05, 0.1) is 28.8 Å². The molecular formula is C27H23N3O4S. The highest BCUT2D eigenvalue weighted by atomic mass is 32.2. The molecule has 0 spiro atoms. The molecule has 0 aliphatic carbocycles. The third kappa shape index (κ3) is 5.11. The van der Waals surface area contributed by atoms with E-state index in [0.29, 0.717) is 30.8 Å². The van der Waals surface area contributed by atoms with Gasteiger partial charge in [-0.1, -0.05) is 42.2 Å². The van der Waals surface area contributed by atoms with E-state index in [4.69, 9.17) is 0 Å². The molecule has 1 aliphatic rings. The van der Waals surface area contributed by atoms with Crippen LogP contribution in [-0.4, -0.2) is 59.2 Å². The van der Waals surface area contributed by atoms with Crippen molar-refractivity contribution in [1.29, 1.82) is 0 Å². The number of carbonyl (C=O) groups is 1. The Kier molecular flexibility index (Phi) is 6.12. The van der Waals surface area contributed by atoms with Gasteiger partial charge < -0.3 is 5.11 Å². The Morgan fingerprint density at radius 2 is 1.80 bits per heavy atom. The van der Waals surface area contributed by atoms with Crippen molar-refractivity contribution in [2.75, 3.05) is 24.6 Å². The first kappa shape index (κ1) is 22.8. The predicted octanol–water partition coefficient (Wildman–Crippen LogP) is 3.56. The van der Waals surface area contributed by atoms with Crippen LogP contribution in [0.5, 0.6) is 0 Å². The van der Waals surface area contributed by atoms with Crippen LogP contribution in [-0.2, 0) is 16.4 Å². The number of aromatic carboxylic acids is 1. The lowest BCUT2D eigenvalue weighted by molar-refractivity contribution is 0.0697. The standard InChI is InChI=1S/C27H23N3O4S/c31-27(32)24-3-1-2-21(26(24)22-10-11-23-17-28-29-25(23)16-22)9-8-19-4-6-20(7-5-19)18-30-12-14-35(33,34)15-13-30/h1-7,10-11,16-17H,12-15,18H2,(H,28,29)(H,31,32). The van der Waals surface area contributed by atoms with Crippen molar-refractivity contribution in [2.24, 2.45) is 0 Å². The Bertz CT molecular complexity index is 1560. The maximum absolute atomic E-state index is 12.0. The molecule has 176 valence electrons. The van der Waals surface area contributed by atoms with E-state index >= 15 is 0 Å². The van der Waals surface area contributed by atoms with Crippen molar-refractivity contribution in [1.82, 2.24) is 15.1 Å². The summed E-state index contributed by atoms with van der Waals surface area (Å²) in [5.74, 6) is 5.72. The summed E-state index contributed by atoms with van der Waals surface area (Å²) in [6.07, 6.45) is 1.72. The number of hydrogen-bond acceptors (Lipinski definition) is 5. The molecule has 7 nitrogen and oxygen atoms in total. The second kappa shape index (κ2) is 9.37. The first-order chi connectivity index (χ1) is 16.9. The highest BCUT2D eigenvalue weighted by Gasteiger charge is 2.21. The number of aromatic amines is 1. The molecule has 1 fully saturated rings. The normalized spacial score (nSPS) is 15.4. The van der Waals surface area contributed by atoms with Crippen LogP contribution in [0.25, 0.3) is 22.0 Å². The van der Waals surface area contributed by atoms with Crippen LogP contribution >= 0.6 is 0 Å². The summed E-state index contributed by atoms with van der Waals surface area (Å²) in [5, 5.41) is 17.7. The lowest BCUT2D eigenvalue weighted by atomic mass is 9.93. The molecular weight excluding hydrogens is 462 g/mol. The molecule has 0 radical (unpaired) electrons. The van der Waals surface area contributed by atoms with Crippen LogP contribution in [0.2, 0.25) is 0 Å². The molecule has 2 heterocycles. The van der Waals surface area contributed by atoms with Crippen molar-refractivity contribution in [2.45, 2.75) is 6.54 Å². The predicted molar refractivity (Wildman–Crippen MR) is 135 cm³/mol. The van der Waals surface area contributed by atoms with Crippen molar-refractivity contribution >= 4 is 26.7 Å². The maximum atomic E-state index is 12.0. The summed E-state index contributed by atoms with van der Waals surface area (Å²) in [6, 6.07) is 18.6. The summed E-state index contributed by atoms with van der Waals surface area (Å²) in [7, 11) is -2.89. The van der Waals surface area contributed by atoms with Gasteiger partial charge >= 0.3 is 5.97 Å². The minimum atomic E-state index is -2.89. The quantitative estimate of drug-likeness (QED) is 0.429. The van der Waals surface area contributed by atoms with Gasteiger partial charge in [0.25, 0.3) is 0 Å². The first-order valence-corrected chi connectivity index (χ1v) is 13.0. The van der Waals surface area contributed by atoms with Crippen molar-refractivity contribution in [3.63, 3.8) is 0 Å². The van der Waals surface area contributed by atoms with E-state index < -0.39 is 15.8 Å². The zero-order chi connectivity index (χ0) is 24.4. The van der Waals surface area contributed by atoms with Gasteiger partial charge in [-0.25, -0.2) is 13.2 Å². The van der Waals surface area contributed by atoms with Crippen LogP contribution in [0.1, 0.15) is 27.0 Å². The fourth-order valence-corrected chi connectivity index (χ4v) is 5.51. The van der Waals surface area contributed by atoms with Crippen molar-refractivity contribution in [3.8, 4) is 23.0 Å². The molecule has 1 saturated heterocycles. The smallest absolute Gasteiger partial charge is 0.336 e. The molecule has 5 rings (SSSR count). The molecule has 1 aliphatic heterocycles. The Hall–Kier alpha value is -3.93. The number of aromatic nitrogens is 2. The topological polar surface area (TPSA) is 103 Å². The number of H-pyrrole nitrogens is 1. The minimum Gasteiger partial charge on any atom is -0.478 e. The lowest BCUT2D eigenvalue weighted by Crippen LogP contribution is -2.39. The third-order valence-electron chi connectivity index (χ3n) is 6.16. The van der Waals surface area contributed by atoms with E-state index in [2.05, 4.69) is 26.9 Å². The van der Waals surface area contributed by atoms with Gasteiger partial charge in [0.2, 0.25) is 0 Å². The highest BCUT2D eigenvalue weighted by Crippen LogP contribution is 2.30. The van der Waals surface area contributed by atoms with Crippen LogP contribution in [0.15, 0.2) is 66.9 Å². The van der Waals surface area contributed by atoms with Crippen LogP contribution in [0, 0.1) is 11.8 Å². The number of carboxylic acid groups (broad SMARTS) is 1. The van der Waals surface area contributed by atoms with E-state index in [1.807, 2.05) is 48.5 Å². The third-order valence-corrected chi connectivity index (χ3v) is 7.77. The zero-order valence-electron chi connectivity index (χ0n) is 18.9. The van der Waals surface area contributed by atoms with Crippen molar-refractivity contribution in [3.05, 3.63) is 89.1 Å². The van der Waals surface area contributed by atoms with Gasteiger partial charge in [-0.3, -0.25) is 10.00 Å². The van der Waals surface area contributed by atoms with Crippen molar-refractivity contribution < 1.29 is 18.3 Å². The Balaban J connectivity index is 1.41. The summed E-state index contributed by atoms with van der Waals surface area (Å²) in [6.45, 7) is 1.80. The van der Waals surface area contributed by atoms with Crippen LogP contribution in [0.3, 0.4) is 0 Å². The number of hydrogen-bond donors (Lipinski definition) is 2. The van der Waals surface area contributed by atoms with E-state index in [-0.39, 0.29) is 17.1 Å². The number of nitrogens with one attached hydrogen (secondary N) is 1. The molecule has 0 amide bonds. The van der Waals surface area contributed by atoms with Gasteiger partial charge in [0, 0.05) is 41.7 Å². The van der Waals surface area contributed by atoms with Crippen LogP contribution < -0.4 is 0 Å². The molecule has 0 atom stereocenters. The van der Waals surface area contributed by atoms with E-state index in [1.54, 1.807) is 18.3 Å². The second-order valence-corrected chi connectivity index (χ2v) is 10.9. The molecule has 0 bridgehead atoms. The first-order valence-electron chi connectivity index (χ1n) is 11.2. The number of benzene rings is 3. The van der Waals surface area contributed by atoms with E-state index in [9.17, 15) is 18.3 Å². The molecule has 2 N–H and O–H groups in total. The number of carboxylic acids is 1. The number of fused-ring (bicyclic) bond motifs is 1. The van der Waals surface area contributed by atoms with Gasteiger partial charge in [0.15, 0.2) is 9.84 Å². The van der Waals surface area contributed by atoms with E-state index in [0.717, 1.165) is 27.6 Å². The number of rotatable bonds is 4. The van der Waals surface area contributed by atoms with E-state index in [1.165, 1.54) is 0 Å². The lowest BCUT2D eigenvalue weighted by Gasteiger charge is -2.26. The number of nitrogens with zero attached hydrogens (tertiary/aromatic N) is 2. The molecule has 0 saturated carbocycles. The molecule has 0 unspecified atom stereocenters. The molecule has 8 heteroatoms. The summed E-state index contributed by atoms with van der Waals surface area (Å²) in [4.78, 5) is 14.1. The second-order valence-electron chi connectivity index (χ2n) is 8.58. The maximum Gasteiger partial charge on any atom is 0.336 e. The molecule has 3 aromatic carbocycles. The minimum absolute atomic E-state index is 0.189. The monoisotopic (exact) mass is 485 g/mol. The fourth-order valence-electron chi connectivity index (χ4n) is 4.24. The average molecular weight is 486 g/mol. The average Bonchev–Trinajstić information content (AvgIpc) is 3.32. The van der Waals surface area contributed by atoms with Gasteiger partial charge in [-0.2, -0.15) is 5.10 Å². The van der Waals surface area contributed by atoms with Crippen LogP contribution in [0.4, 0.5) is 0 Å². The summed E-state index contributed by atoms with van der Waals surface area (Å²) >= 11 is 0. The summed E-state index contributed by atoms with van der Waals surface area (Å²) < 4.78 is 23.2. The fraction of sp³-hybridized carbons (Fsp3) is 0.185. The Morgan fingerprint density at radius 3 is 2.54 bits per heavy atom. The largest absolute Gasteiger partial charge is 0.478 e. The zero-order valence-corrected chi connectivity index (χ0v) is 19.7. The molecule has 4 aromatic rings. The van der Waals surface area contributed by atoms with Gasteiger partial charge in [-0.05, 0) is 41.5 Å². The number of sulfone groups is 1.